The summed E-state index contributed by atoms with van der Waals surface area (Å²) in [5.74, 6) is -0.192. The minimum Gasteiger partial charge on any atom is -0.453 e. The van der Waals surface area contributed by atoms with Crippen LogP contribution in [0.1, 0.15) is 29.3 Å². The zero-order valence-electron chi connectivity index (χ0n) is 22.7. The van der Waals surface area contributed by atoms with Gasteiger partial charge >= 0.3 is 12.2 Å². The first-order valence-corrected chi connectivity index (χ1v) is 13.8. The summed E-state index contributed by atoms with van der Waals surface area (Å²) in [6.07, 6.45) is 1.48. The van der Waals surface area contributed by atoms with Crippen molar-refractivity contribution >= 4 is 41.1 Å². The summed E-state index contributed by atoms with van der Waals surface area (Å²) >= 11 is 6.30. The molecule has 214 valence electrons. The summed E-state index contributed by atoms with van der Waals surface area (Å²) in [7, 11) is 1.30. The van der Waals surface area contributed by atoms with Gasteiger partial charge < -0.3 is 19.4 Å². The minimum absolute atomic E-state index is 0.118. The molecule has 2 aliphatic heterocycles. The first kappa shape index (κ1) is 27.3. The number of benzene rings is 3. The van der Waals surface area contributed by atoms with Crippen molar-refractivity contribution in [2.75, 3.05) is 30.8 Å². The van der Waals surface area contributed by atoms with Crippen molar-refractivity contribution in [3.05, 3.63) is 101 Å². The molecule has 11 heteroatoms. The van der Waals surface area contributed by atoms with Crippen LogP contribution in [-0.4, -0.2) is 53.2 Å². The molecule has 0 saturated carbocycles. The van der Waals surface area contributed by atoms with Gasteiger partial charge in [-0.25, -0.2) is 14.6 Å². The van der Waals surface area contributed by atoms with Gasteiger partial charge in [0.25, 0.3) is 0 Å². The number of amides is 3. The van der Waals surface area contributed by atoms with E-state index in [1.165, 1.54) is 7.11 Å². The lowest BCUT2D eigenvalue weighted by atomic mass is 9.90. The number of ether oxygens (including phenoxy) is 2. The number of carbonyl (C=O) groups is 3. The van der Waals surface area contributed by atoms with E-state index < -0.39 is 23.7 Å². The molecule has 2 aliphatic rings. The summed E-state index contributed by atoms with van der Waals surface area (Å²) in [5, 5.41) is 5.88. The highest BCUT2D eigenvalue weighted by molar-refractivity contribution is 6.30. The second-order valence-electron chi connectivity index (χ2n) is 10.3. The second-order valence-corrected chi connectivity index (χ2v) is 10.8. The second kappa shape index (κ2) is 11.2. The molecule has 2 atom stereocenters. The molecule has 0 bridgehead atoms. The molecular weight excluding hydrogens is 558 g/mol. The molecule has 6 rings (SSSR count). The van der Waals surface area contributed by atoms with Crippen LogP contribution in [-0.2, 0) is 26.3 Å². The fourth-order valence-corrected chi connectivity index (χ4v) is 5.75. The summed E-state index contributed by atoms with van der Waals surface area (Å²) in [5.41, 5.74) is 3.56. The fraction of sp³-hybridized carbons (Fsp3) is 0.226. The van der Waals surface area contributed by atoms with Crippen molar-refractivity contribution in [3.63, 3.8) is 0 Å². The van der Waals surface area contributed by atoms with Crippen LogP contribution >= 0.6 is 11.6 Å². The molecule has 1 aromatic heterocycles. The third-order valence-electron chi connectivity index (χ3n) is 7.67. The van der Waals surface area contributed by atoms with Crippen LogP contribution in [0.15, 0.2) is 79.0 Å². The Kier molecular flexibility index (Phi) is 7.30. The quantitative estimate of drug-likeness (QED) is 0.258. The van der Waals surface area contributed by atoms with Crippen LogP contribution in [0.4, 0.5) is 21.0 Å². The van der Waals surface area contributed by atoms with E-state index in [-0.39, 0.29) is 12.5 Å². The summed E-state index contributed by atoms with van der Waals surface area (Å²) in [6.45, 7) is 0.617. The number of methoxy groups -OCH3 is 1. The maximum absolute atomic E-state index is 14.2. The Morgan fingerprint density at radius 3 is 2.69 bits per heavy atom. The monoisotopic (exact) mass is 585 g/mol. The number of halogens is 1. The van der Waals surface area contributed by atoms with E-state index in [4.69, 9.17) is 16.3 Å². The van der Waals surface area contributed by atoms with E-state index in [0.717, 1.165) is 22.4 Å². The lowest BCUT2D eigenvalue weighted by molar-refractivity contribution is -0.133. The van der Waals surface area contributed by atoms with Gasteiger partial charge in [0.1, 0.15) is 11.7 Å². The van der Waals surface area contributed by atoms with Crippen LogP contribution in [0.5, 0.6) is 0 Å². The maximum Gasteiger partial charge on any atom is 0.412 e. The molecule has 1 fully saturated rings. The van der Waals surface area contributed by atoms with Crippen LogP contribution < -0.4 is 10.6 Å². The smallest absolute Gasteiger partial charge is 0.412 e. The number of aromatic nitrogens is 2. The largest absolute Gasteiger partial charge is 0.453 e. The summed E-state index contributed by atoms with van der Waals surface area (Å²) in [6, 6.07) is 22.2. The summed E-state index contributed by atoms with van der Waals surface area (Å²) in [4.78, 5) is 47.9. The van der Waals surface area contributed by atoms with Gasteiger partial charge in [0.05, 0.1) is 31.2 Å². The number of hydrogen-bond acceptors (Lipinski definition) is 6. The van der Waals surface area contributed by atoms with Gasteiger partial charge in [-0.1, -0.05) is 54.1 Å². The minimum atomic E-state index is -0.982. The number of hydrogen-bond donors (Lipinski definition) is 3. The van der Waals surface area contributed by atoms with Crippen molar-refractivity contribution in [2.45, 2.75) is 24.4 Å². The van der Waals surface area contributed by atoms with E-state index in [2.05, 4.69) is 25.3 Å². The van der Waals surface area contributed by atoms with E-state index in [0.29, 0.717) is 41.6 Å². The number of rotatable bonds is 6. The topological polar surface area (TPSA) is 126 Å². The predicted octanol–water partition coefficient (Wildman–Crippen LogP) is 5.92. The van der Waals surface area contributed by atoms with Crippen LogP contribution in [0.2, 0.25) is 5.02 Å². The lowest BCUT2D eigenvalue weighted by Crippen LogP contribution is -2.43. The normalized spacial score (nSPS) is 18.1. The molecule has 0 aliphatic carbocycles. The van der Waals surface area contributed by atoms with Gasteiger partial charge in [0, 0.05) is 29.2 Å². The Balaban J connectivity index is 1.28. The standard InChI is InChI=1S/C31H28ClN5O5/c1-41-29(39)34-22-10-7-20(8-11-22)26-17-33-27(35-26)23(15-19-5-3-2-4-6-19)28(38)37-14-13-31(18-37)24-16-21(32)9-12-25(24)36-30(40)42-31/h2-12,16-17,23H,13-15,18H2,1H3,(H,33,35)(H,34,39)(H,36,40)/t23-,31+/m1/s1. The molecule has 0 unspecified atom stereocenters. The Labute approximate surface area is 247 Å². The first-order valence-electron chi connectivity index (χ1n) is 13.5. The van der Waals surface area contributed by atoms with Crippen molar-refractivity contribution in [1.82, 2.24) is 14.9 Å². The fourth-order valence-electron chi connectivity index (χ4n) is 5.58. The predicted molar refractivity (Wildman–Crippen MR) is 157 cm³/mol. The number of nitrogens with zero attached hydrogens (tertiary/aromatic N) is 2. The number of anilines is 2. The third kappa shape index (κ3) is 5.40. The number of carbonyl (C=O) groups excluding carboxylic acids is 3. The summed E-state index contributed by atoms with van der Waals surface area (Å²) < 4.78 is 10.5. The van der Waals surface area contributed by atoms with Gasteiger partial charge in [0.2, 0.25) is 5.91 Å². The number of imidazole rings is 1. The Bertz CT molecular complexity index is 1640. The SMILES string of the molecule is COC(=O)Nc1ccc(-c2cnc([C@@H](Cc3ccccc3)C(=O)N3CC[C@@]4(C3)OC(=O)Nc3ccc(Cl)cc34)[nH]2)cc1. The zero-order valence-corrected chi connectivity index (χ0v) is 23.5. The molecule has 42 heavy (non-hydrogen) atoms. The maximum atomic E-state index is 14.2. The van der Waals surface area contributed by atoms with Crippen molar-refractivity contribution in [1.29, 1.82) is 0 Å². The van der Waals surface area contributed by atoms with E-state index in [1.54, 1.807) is 41.4 Å². The van der Waals surface area contributed by atoms with Gasteiger partial charge in [-0.2, -0.15) is 0 Å². The molecule has 3 heterocycles. The average Bonchev–Trinajstić information content (AvgIpc) is 3.65. The molecule has 3 N–H and O–H groups in total. The van der Waals surface area contributed by atoms with Gasteiger partial charge in [0.15, 0.2) is 5.60 Å². The van der Waals surface area contributed by atoms with Gasteiger partial charge in [-0.3, -0.25) is 15.4 Å². The number of likely N-dealkylation sites (tertiary alicyclic amines) is 1. The highest BCUT2D eigenvalue weighted by atomic mass is 35.5. The molecule has 3 amide bonds. The molecule has 1 saturated heterocycles. The first-order chi connectivity index (χ1) is 20.3. The number of fused-ring (bicyclic) bond motifs is 2. The van der Waals surface area contributed by atoms with Gasteiger partial charge in [-0.15, -0.1) is 0 Å². The highest BCUT2D eigenvalue weighted by Gasteiger charge is 2.49. The molecule has 0 radical (unpaired) electrons. The third-order valence-corrected chi connectivity index (χ3v) is 7.91. The van der Waals surface area contributed by atoms with Crippen LogP contribution in [0.3, 0.4) is 0 Å². The van der Waals surface area contributed by atoms with E-state index in [1.807, 2.05) is 42.5 Å². The van der Waals surface area contributed by atoms with E-state index in [9.17, 15) is 14.4 Å². The molecule has 1 spiro atoms. The van der Waals surface area contributed by atoms with Crippen molar-refractivity contribution in [2.24, 2.45) is 0 Å². The van der Waals surface area contributed by atoms with Gasteiger partial charge in [-0.05, 0) is 47.9 Å². The van der Waals surface area contributed by atoms with Crippen LogP contribution in [0.25, 0.3) is 11.3 Å². The molecule has 4 aromatic rings. The van der Waals surface area contributed by atoms with E-state index >= 15 is 0 Å². The number of nitrogens with one attached hydrogen (secondary N) is 3. The Morgan fingerprint density at radius 1 is 1.14 bits per heavy atom. The van der Waals surface area contributed by atoms with Crippen LogP contribution in [0, 0.1) is 0 Å². The van der Waals surface area contributed by atoms with Crippen molar-refractivity contribution < 1.29 is 23.9 Å². The lowest BCUT2D eigenvalue weighted by Gasteiger charge is -2.35. The number of H-pyrrole nitrogens is 1. The highest BCUT2D eigenvalue weighted by Crippen LogP contribution is 2.44. The average molecular weight is 586 g/mol. The Hall–Kier alpha value is -4.83. The Morgan fingerprint density at radius 2 is 1.93 bits per heavy atom. The number of aromatic amines is 1. The molecular formula is C31H28ClN5O5. The molecule has 3 aromatic carbocycles. The zero-order chi connectivity index (χ0) is 29.3. The molecule has 10 nitrogen and oxygen atoms in total. The van der Waals surface area contributed by atoms with Crippen molar-refractivity contribution in [3.8, 4) is 11.3 Å².